The third-order valence-corrected chi connectivity index (χ3v) is 2.94. The summed E-state index contributed by atoms with van der Waals surface area (Å²) in [5.41, 5.74) is 1.94. The molecule has 16 heavy (non-hydrogen) atoms. The van der Waals surface area contributed by atoms with Crippen LogP contribution in [0.2, 0.25) is 0 Å². The first-order valence-electron chi connectivity index (χ1n) is 5.90. The molecule has 0 unspecified atom stereocenters. The van der Waals surface area contributed by atoms with E-state index in [1.54, 1.807) is 0 Å². The van der Waals surface area contributed by atoms with Crippen LogP contribution < -0.4 is 0 Å². The molecule has 0 amide bonds. The van der Waals surface area contributed by atoms with E-state index in [4.69, 9.17) is 0 Å². The Kier molecular flexibility index (Phi) is 3.56. The molecule has 0 bridgehead atoms. The van der Waals surface area contributed by atoms with Gasteiger partial charge in [0.25, 0.3) is 0 Å². The number of nitrogens with zero attached hydrogens (tertiary/aromatic N) is 4. The quantitative estimate of drug-likeness (QED) is 0.769. The molecule has 0 atom stereocenters. The van der Waals surface area contributed by atoms with Crippen LogP contribution in [0.25, 0.3) is 0 Å². The van der Waals surface area contributed by atoms with Crippen LogP contribution in [0.4, 0.5) is 0 Å². The fraction of sp³-hybridized carbons (Fsp3) is 0.818. The van der Waals surface area contributed by atoms with Crippen molar-refractivity contribution in [2.45, 2.75) is 38.3 Å². The van der Waals surface area contributed by atoms with Crippen molar-refractivity contribution in [1.29, 1.82) is 0 Å². The van der Waals surface area contributed by atoms with Gasteiger partial charge in [-0.25, -0.2) is 4.68 Å². The van der Waals surface area contributed by atoms with Gasteiger partial charge in [0.1, 0.15) is 5.69 Å². The summed E-state index contributed by atoms with van der Waals surface area (Å²) in [5.74, 6) is 0.594. The summed E-state index contributed by atoms with van der Waals surface area (Å²) in [4.78, 5) is 2.17. The molecule has 0 aliphatic heterocycles. The van der Waals surface area contributed by atoms with Crippen molar-refractivity contribution in [1.82, 2.24) is 19.9 Å². The second kappa shape index (κ2) is 4.93. The van der Waals surface area contributed by atoms with Gasteiger partial charge < -0.3 is 10.0 Å². The molecule has 1 heterocycles. The molecular formula is C11H20N4O. The molecule has 0 aromatic carbocycles. The first-order chi connectivity index (χ1) is 7.72. The summed E-state index contributed by atoms with van der Waals surface area (Å²) < 4.78 is 1.98. The van der Waals surface area contributed by atoms with Gasteiger partial charge in [0.15, 0.2) is 0 Å². The Balaban J connectivity index is 1.99. The van der Waals surface area contributed by atoms with Crippen molar-refractivity contribution in [3.05, 3.63) is 11.4 Å². The van der Waals surface area contributed by atoms with Gasteiger partial charge in [-0.3, -0.25) is 0 Å². The zero-order chi connectivity index (χ0) is 11.5. The number of rotatable bonds is 6. The third kappa shape index (κ3) is 2.59. The summed E-state index contributed by atoms with van der Waals surface area (Å²) in [7, 11) is 4.14. The lowest BCUT2D eigenvalue weighted by Crippen LogP contribution is -2.16. The smallest absolute Gasteiger partial charge is 0.112 e. The number of aromatic nitrogens is 3. The summed E-state index contributed by atoms with van der Waals surface area (Å²) in [6.45, 7) is 1.97. The SMILES string of the molecule is CN(C)CCCn1nnc(CO)c1C1CC1. The summed E-state index contributed by atoms with van der Waals surface area (Å²) in [6.07, 6.45) is 3.50. The maximum absolute atomic E-state index is 9.20. The normalized spacial score (nSPS) is 16.0. The van der Waals surface area contributed by atoms with Crippen LogP contribution in [0, 0.1) is 0 Å². The van der Waals surface area contributed by atoms with E-state index in [1.165, 1.54) is 18.5 Å². The topological polar surface area (TPSA) is 54.2 Å². The fourth-order valence-corrected chi connectivity index (χ4v) is 1.97. The van der Waals surface area contributed by atoms with Crippen LogP contribution in [0.5, 0.6) is 0 Å². The maximum atomic E-state index is 9.20. The maximum Gasteiger partial charge on any atom is 0.112 e. The molecule has 1 aromatic heterocycles. The third-order valence-electron chi connectivity index (χ3n) is 2.94. The molecule has 0 radical (unpaired) electrons. The molecular weight excluding hydrogens is 204 g/mol. The number of aryl methyl sites for hydroxylation is 1. The molecule has 5 heteroatoms. The fourth-order valence-electron chi connectivity index (χ4n) is 1.97. The minimum Gasteiger partial charge on any atom is -0.390 e. The van der Waals surface area contributed by atoms with E-state index >= 15 is 0 Å². The van der Waals surface area contributed by atoms with Crippen LogP contribution in [-0.4, -0.2) is 45.6 Å². The second-order valence-corrected chi connectivity index (χ2v) is 4.73. The van der Waals surface area contributed by atoms with Gasteiger partial charge in [0, 0.05) is 12.5 Å². The van der Waals surface area contributed by atoms with Gasteiger partial charge >= 0.3 is 0 Å². The van der Waals surface area contributed by atoms with Crippen LogP contribution in [0.15, 0.2) is 0 Å². The molecule has 1 aliphatic rings. The second-order valence-electron chi connectivity index (χ2n) is 4.73. The van der Waals surface area contributed by atoms with Crippen molar-refractivity contribution in [3.8, 4) is 0 Å². The van der Waals surface area contributed by atoms with Crippen molar-refractivity contribution in [2.75, 3.05) is 20.6 Å². The van der Waals surface area contributed by atoms with Crippen molar-refractivity contribution < 1.29 is 5.11 Å². The highest BCUT2D eigenvalue weighted by Crippen LogP contribution is 2.41. The summed E-state index contributed by atoms with van der Waals surface area (Å²) in [5, 5.41) is 17.4. The first kappa shape index (κ1) is 11.5. The highest BCUT2D eigenvalue weighted by Gasteiger charge is 2.30. The van der Waals surface area contributed by atoms with Gasteiger partial charge in [-0.15, -0.1) is 5.10 Å². The van der Waals surface area contributed by atoms with Gasteiger partial charge in [0.2, 0.25) is 0 Å². The Morgan fingerprint density at radius 3 is 2.75 bits per heavy atom. The van der Waals surface area contributed by atoms with Crippen LogP contribution >= 0.6 is 0 Å². The van der Waals surface area contributed by atoms with Crippen molar-refractivity contribution in [2.24, 2.45) is 0 Å². The van der Waals surface area contributed by atoms with Gasteiger partial charge in [0.05, 0.1) is 12.3 Å². The highest BCUT2D eigenvalue weighted by atomic mass is 16.3. The molecule has 90 valence electrons. The number of aliphatic hydroxyl groups is 1. The van der Waals surface area contributed by atoms with Crippen molar-refractivity contribution >= 4 is 0 Å². The molecule has 1 aromatic rings. The van der Waals surface area contributed by atoms with Gasteiger partial charge in [-0.1, -0.05) is 5.21 Å². The lowest BCUT2D eigenvalue weighted by molar-refractivity contribution is 0.275. The molecule has 1 N–H and O–H groups in total. The predicted octanol–water partition coefficient (Wildman–Crippen LogP) is 0.599. The van der Waals surface area contributed by atoms with Crippen LogP contribution in [0.1, 0.15) is 36.6 Å². The zero-order valence-electron chi connectivity index (χ0n) is 10.1. The predicted molar refractivity (Wildman–Crippen MR) is 61.1 cm³/mol. The minimum absolute atomic E-state index is 0.0134. The Labute approximate surface area is 96.1 Å². The molecule has 2 rings (SSSR count). The average Bonchev–Trinajstić information content (AvgIpc) is 3.00. The average molecular weight is 224 g/mol. The number of aliphatic hydroxyl groups excluding tert-OH is 1. The van der Waals surface area contributed by atoms with E-state index < -0.39 is 0 Å². The Hall–Kier alpha value is -0.940. The molecule has 0 spiro atoms. The standard InChI is InChI=1S/C11H20N4O/c1-14(2)6-3-7-15-11(9-4-5-9)10(8-16)12-13-15/h9,16H,3-8H2,1-2H3. The minimum atomic E-state index is 0.0134. The van der Waals surface area contributed by atoms with E-state index in [1.807, 2.05) is 4.68 Å². The van der Waals surface area contributed by atoms with Crippen LogP contribution in [0.3, 0.4) is 0 Å². The van der Waals surface area contributed by atoms with Crippen molar-refractivity contribution in [3.63, 3.8) is 0 Å². The molecule has 1 saturated carbocycles. The number of hydrogen-bond acceptors (Lipinski definition) is 4. The van der Waals surface area contributed by atoms with E-state index in [9.17, 15) is 5.11 Å². The Morgan fingerprint density at radius 2 is 2.19 bits per heavy atom. The lowest BCUT2D eigenvalue weighted by Gasteiger charge is -2.10. The van der Waals surface area contributed by atoms with E-state index in [2.05, 4.69) is 29.3 Å². The van der Waals surface area contributed by atoms with E-state index in [-0.39, 0.29) is 6.61 Å². The summed E-state index contributed by atoms with van der Waals surface area (Å²) >= 11 is 0. The molecule has 1 aliphatic carbocycles. The molecule has 0 saturated heterocycles. The van der Waals surface area contributed by atoms with Gasteiger partial charge in [-0.05, 0) is 39.9 Å². The lowest BCUT2D eigenvalue weighted by atomic mass is 10.2. The van der Waals surface area contributed by atoms with Gasteiger partial charge in [-0.2, -0.15) is 0 Å². The zero-order valence-corrected chi connectivity index (χ0v) is 10.1. The molecule has 5 nitrogen and oxygen atoms in total. The van der Waals surface area contributed by atoms with E-state index in [0.29, 0.717) is 5.92 Å². The van der Waals surface area contributed by atoms with E-state index in [0.717, 1.165) is 25.2 Å². The highest BCUT2D eigenvalue weighted by molar-refractivity contribution is 5.19. The molecule has 1 fully saturated rings. The Bertz CT molecular complexity index is 344. The monoisotopic (exact) mass is 224 g/mol. The summed E-state index contributed by atoms with van der Waals surface area (Å²) in [6, 6.07) is 0. The number of hydrogen-bond donors (Lipinski definition) is 1. The Morgan fingerprint density at radius 1 is 1.44 bits per heavy atom. The van der Waals surface area contributed by atoms with Crippen LogP contribution in [-0.2, 0) is 13.2 Å². The largest absolute Gasteiger partial charge is 0.390 e. The first-order valence-corrected chi connectivity index (χ1v) is 5.90.